The van der Waals surface area contributed by atoms with E-state index in [4.69, 9.17) is 0 Å². The lowest BCUT2D eigenvalue weighted by atomic mass is 9.96. The number of carbonyl (C=O) groups excluding carboxylic acids is 2. The van der Waals surface area contributed by atoms with Gasteiger partial charge in [0.1, 0.15) is 11.6 Å². The molecule has 0 aliphatic carbocycles. The number of amides is 2. The van der Waals surface area contributed by atoms with Crippen molar-refractivity contribution in [2.45, 2.75) is 32.1 Å². The first-order chi connectivity index (χ1) is 14.8. The number of nitrogens with zero attached hydrogens (tertiary/aromatic N) is 5. The van der Waals surface area contributed by atoms with Gasteiger partial charge in [-0.1, -0.05) is 0 Å². The maximum atomic E-state index is 13.1. The van der Waals surface area contributed by atoms with Gasteiger partial charge in [-0.15, -0.1) is 0 Å². The van der Waals surface area contributed by atoms with Gasteiger partial charge in [0.05, 0.1) is 11.3 Å². The molecule has 7 nitrogen and oxygen atoms in total. The zero-order chi connectivity index (χ0) is 22.5. The van der Waals surface area contributed by atoms with E-state index in [9.17, 15) is 14.0 Å². The molecule has 0 spiro atoms. The van der Waals surface area contributed by atoms with Gasteiger partial charge in [-0.25, -0.2) is 14.4 Å². The molecule has 1 aromatic heterocycles. The van der Waals surface area contributed by atoms with Crippen molar-refractivity contribution in [1.29, 1.82) is 0 Å². The first-order valence-corrected chi connectivity index (χ1v) is 10.6. The van der Waals surface area contributed by atoms with Crippen LogP contribution in [0.25, 0.3) is 0 Å². The van der Waals surface area contributed by atoms with Crippen molar-refractivity contribution in [3.8, 4) is 0 Å². The average Bonchev–Trinajstić information content (AvgIpc) is 2.77. The zero-order valence-electron chi connectivity index (χ0n) is 18.6. The second kappa shape index (κ2) is 9.85. The lowest BCUT2D eigenvalue weighted by Gasteiger charge is -2.33. The number of rotatable bonds is 6. The molecule has 1 aliphatic rings. The van der Waals surface area contributed by atoms with E-state index in [1.807, 2.05) is 23.8 Å². The van der Waals surface area contributed by atoms with Gasteiger partial charge >= 0.3 is 0 Å². The molecular weight excluding hydrogens is 397 g/mol. The highest BCUT2D eigenvalue weighted by Gasteiger charge is 2.27. The molecule has 2 amide bonds. The monoisotopic (exact) mass is 427 g/mol. The quantitative estimate of drug-likeness (QED) is 0.709. The van der Waals surface area contributed by atoms with Crippen LogP contribution in [0.2, 0.25) is 0 Å². The van der Waals surface area contributed by atoms with E-state index >= 15 is 0 Å². The van der Waals surface area contributed by atoms with E-state index in [1.165, 1.54) is 17.0 Å². The number of likely N-dealkylation sites (tertiary alicyclic amines) is 1. The first-order valence-electron chi connectivity index (χ1n) is 10.6. The summed E-state index contributed by atoms with van der Waals surface area (Å²) in [4.78, 5) is 39.4. The molecule has 0 saturated carbocycles. The number of carbonyl (C=O) groups is 2. The van der Waals surface area contributed by atoms with E-state index in [1.54, 1.807) is 32.4 Å². The summed E-state index contributed by atoms with van der Waals surface area (Å²) < 4.78 is 13.1. The van der Waals surface area contributed by atoms with Gasteiger partial charge in [-0.05, 0) is 44.0 Å². The molecular formula is C23H30FN5O2. The molecule has 1 atom stereocenters. The van der Waals surface area contributed by atoms with E-state index in [-0.39, 0.29) is 23.5 Å². The van der Waals surface area contributed by atoms with Crippen molar-refractivity contribution in [3.05, 3.63) is 53.4 Å². The highest BCUT2D eigenvalue weighted by Crippen LogP contribution is 2.25. The Morgan fingerprint density at radius 1 is 1.19 bits per heavy atom. The SMILES string of the molecule is Cc1nc([C@@H]2CCCN(C(=O)CCN(C)c3ccc(F)cc3)C2)ncc1C(=O)N(C)C. The molecule has 1 saturated heterocycles. The van der Waals surface area contributed by atoms with Crippen LogP contribution in [0.1, 0.15) is 47.1 Å². The predicted molar refractivity (Wildman–Crippen MR) is 118 cm³/mol. The minimum absolute atomic E-state index is 0.0646. The van der Waals surface area contributed by atoms with Crippen LogP contribution in [0.3, 0.4) is 0 Å². The summed E-state index contributed by atoms with van der Waals surface area (Å²) in [5.41, 5.74) is 2.04. The van der Waals surface area contributed by atoms with E-state index in [0.29, 0.717) is 36.6 Å². The van der Waals surface area contributed by atoms with Crippen molar-refractivity contribution in [3.63, 3.8) is 0 Å². The molecule has 0 bridgehead atoms. The zero-order valence-corrected chi connectivity index (χ0v) is 18.6. The topological polar surface area (TPSA) is 69.6 Å². The van der Waals surface area contributed by atoms with Crippen LogP contribution < -0.4 is 4.90 Å². The minimum atomic E-state index is -0.274. The van der Waals surface area contributed by atoms with Crippen LogP contribution >= 0.6 is 0 Å². The van der Waals surface area contributed by atoms with Crippen LogP contribution in [-0.4, -0.2) is 72.4 Å². The smallest absolute Gasteiger partial charge is 0.256 e. The van der Waals surface area contributed by atoms with Crippen LogP contribution in [0.5, 0.6) is 0 Å². The average molecular weight is 428 g/mol. The molecule has 3 rings (SSSR count). The minimum Gasteiger partial charge on any atom is -0.374 e. The maximum absolute atomic E-state index is 13.1. The number of piperidine rings is 1. The summed E-state index contributed by atoms with van der Waals surface area (Å²) in [6, 6.07) is 6.26. The first kappa shape index (κ1) is 22.7. The Kier molecular flexibility index (Phi) is 7.20. The second-order valence-corrected chi connectivity index (χ2v) is 8.25. The Morgan fingerprint density at radius 3 is 2.55 bits per heavy atom. The summed E-state index contributed by atoms with van der Waals surface area (Å²) in [5, 5.41) is 0. The molecule has 31 heavy (non-hydrogen) atoms. The maximum Gasteiger partial charge on any atom is 0.256 e. The number of benzene rings is 1. The summed E-state index contributed by atoms with van der Waals surface area (Å²) in [7, 11) is 5.30. The van der Waals surface area contributed by atoms with E-state index in [2.05, 4.69) is 9.97 Å². The summed E-state index contributed by atoms with van der Waals surface area (Å²) in [6.07, 6.45) is 3.79. The highest BCUT2D eigenvalue weighted by molar-refractivity contribution is 5.94. The van der Waals surface area contributed by atoms with Crippen molar-refractivity contribution >= 4 is 17.5 Å². The van der Waals surface area contributed by atoms with Gasteiger partial charge in [-0.2, -0.15) is 0 Å². The number of halogens is 1. The van der Waals surface area contributed by atoms with Crippen molar-refractivity contribution < 1.29 is 14.0 Å². The number of hydrogen-bond donors (Lipinski definition) is 0. The Labute approximate surface area is 182 Å². The van der Waals surface area contributed by atoms with Crippen LogP contribution in [0, 0.1) is 12.7 Å². The molecule has 1 aromatic carbocycles. The van der Waals surface area contributed by atoms with E-state index in [0.717, 1.165) is 25.1 Å². The molecule has 2 aromatic rings. The van der Waals surface area contributed by atoms with Crippen molar-refractivity contribution in [2.75, 3.05) is 45.7 Å². The number of hydrogen-bond acceptors (Lipinski definition) is 5. The number of aromatic nitrogens is 2. The molecule has 0 unspecified atom stereocenters. The number of aryl methyl sites for hydroxylation is 1. The lowest BCUT2D eigenvalue weighted by molar-refractivity contribution is -0.132. The van der Waals surface area contributed by atoms with Gasteiger partial charge in [0.2, 0.25) is 5.91 Å². The lowest BCUT2D eigenvalue weighted by Crippen LogP contribution is -2.40. The van der Waals surface area contributed by atoms with Gasteiger partial charge in [0.25, 0.3) is 5.91 Å². The fourth-order valence-electron chi connectivity index (χ4n) is 3.79. The third kappa shape index (κ3) is 5.57. The van der Waals surface area contributed by atoms with Crippen LogP contribution in [0.15, 0.2) is 30.5 Å². The van der Waals surface area contributed by atoms with Crippen LogP contribution in [0.4, 0.5) is 10.1 Å². The highest BCUT2D eigenvalue weighted by atomic mass is 19.1. The summed E-state index contributed by atoms with van der Waals surface area (Å²) in [5.74, 6) is 0.456. The fraction of sp³-hybridized carbons (Fsp3) is 0.478. The van der Waals surface area contributed by atoms with Crippen molar-refractivity contribution in [1.82, 2.24) is 19.8 Å². The van der Waals surface area contributed by atoms with Gasteiger partial charge in [-0.3, -0.25) is 9.59 Å². The summed E-state index contributed by atoms with van der Waals surface area (Å²) in [6.45, 7) is 3.69. The predicted octanol–water partition coefficient (Wildman–Crippen LogP) is 2.86. The molecule has 0 radical (unpaired) electrons. The van der Waals surface area contributed by atoms with Gasteiger partial charge < -0.3 is 14.7 Å². The molecule has 1 fully saturated rings. The molecule has 2 heterocycles. The normalized spacial score (nSPS) is 16.2. The van der Waals surface area contributed by atoms with E-state index < -0.39 is 0 Å². The largest absolute Gasteiger partial charge is 0.374 e. The fourth-order valence-corrected chi connectivity index (χ4v) is 3.79. The van der Waals surface area contributed by atoms with Crippen LogP contribution in [-0.2, 0) is 4.79 Å². The Bertz CT molecular complexity index is 932. The van der Waals surface area contributed by atoms with Gasteiger partial charge in [0, 0.05) is 65.0 Å². The Balaban J connectivity index is 1.59. The molecule has 1 aliphatic heterocycles. The summed E-state index contributed by atoms with van der Waals surface area (Å²) >= 11 is 0. The molecule has 0 N–H and O–H groups in total. The Morgan fingerprint density at radius 2 is 1.90 bits per heavy atom. The third-order valence-electron chi connectivity index (χ3n) is 5.70. The number of anilines is 1. The standard InChI is InChI=1S/C23H30FN5O2/c1-16-20(23(31)27(2)3)14-25-22(26-16)17-6-5-12-29(15-17)21(30)11-13-28(4)19-9-7-18(24)8-10-19/h7-10,14,17H,5-6,11-13,15H2,1-4H3/t17-/m1/s1. The Hall–Kier alpha value is -3.03. The molecule has 166 valence electrons. The van der Waals surface area contributed by atoms with Gasteiger partial charge in [0.15, 0.2) is 0 Å². The second-order valence-electron chi connectivity index (χ2n) is 8.25. The van der Waals surface area contributed by atoms with Crippen molar-refractivity contribution in [2.24, 2.45) is 0 Å². The third-order valence-corrected chi connectivity index (χ3v) is 5.70. The molecule has 8 heteroatoms.